The first-order valence-electron chi connectivity index (χ1n) is 10.1. The molecule has 4 N–H and O–H groups in total. The topological polar surface area (TPSA) is 115 Å². The molecule has 1 amide bonds. The first-order valence-corrected chi connectivity index (χ1v) is 10.1. The van der Waals surface area contributed by atoms with Gasteiger partial charge in [0.1, 0.15) is 29.3 Å². The summed E-state index contributed by atoms with van der Waals surface area (Å²) in [6.45, 7) is 6.22. The van der Waals surface area contributed by atoms with E-state index in [-0.39, 0.29) is 22.9 Å². The highest BCUT2D eigenvalue weighted by molar-refractivity contribution is 6.07. The molecule has 2 aromatic carbocycles. The van der Waals surface area contributed by atoms with Crippen molar-refractivity contribution in [2.24, 2.45) is 0 Å². The van der Waals surface area contributed by atoms with Crippen molar-refractivity contribution in [1.82, 2.24) is 14.5 Å². The molecular formula is C24H25N5O3. The van der Waals surface area contributed by atoms with Gasteiger partial charge in [0.05, 0.1) is 23.7 Å². The molecule has 4 rings (SSSR count). The average Bonchev–Trinajstić information content (AvgIpc) is 3.16. The van der Waals surface area contributed by atoms with E-state index in [0.29, 0.717) is 28.2 Å². The summed E-state index contributed by atoms with van der Waals surface area (Å²) in [6.07, 6.45) is 3.40. The van der Waals surface area contributed by atoms with Gasteiger partial charge in [-0.15, -0.1) is 0 Å². The number of aromatic nitrogens is 3. The number of amides is 1. The van der Waals surface area contributed by atoms with E-state index in [9.17, 15) is 9.90 Å². The quantitative estimate of drug-likeness (QED) is 0.413. The highest BCUT2D eigenvalue weighted by atomic mass is 16.5. The number of ether oxygens (including phenoxy) is 1. The summed E-state index contributed by atoms with van der Waals surface area (Å²) >= 11 is 0. The molecule has 0 unspecified atom stereocenters. The smallest absolute Gasteiger partial charge is 0.259 e. The fraction of sp³-hybridized carbons (Fsp3) is 0.208. The van der Waals surface area contributed by atoms with Crippen LogP contribution in [0.15, 0.2) is 55.0 Å². The van der Waals surface area contributed by atoms with E-state index in [1.807, 2.05) is 16.8 Å². The normalized spacial score (nSPS) is 11.5. The van der Waals surface area contributed by atoms with Crippen LogP contribution in [-0.2, 0) is 5.54 Å². The third-order valence-electron chi connectivity index (χ3n) is 5.24. The van der Waals surface area contributed by atoms with Gasteiger partial charge in [-0.3, -0.25) is 4.79 Å². The number of rotatable bonds is 4. The molecule has 164 valence electrons. The van der Waals surface area contributed by atoms with Gasteiger partial charge in [-0.05, 0) is 50.6 Å². The Morgan fingerprint density at radius 2 is 1.91 bits per heavy atom. The maximum atomic E-state index is 12.7. The molecular weight excluding hydrogens is 406 g/mol. The second-order valence-corrected chi connectivity index (χ2v) is 8.43. The fourth-order valence-electron chi connectivity index (χ4n) is 3.64. The van der Waals surface area contributed by atoms with Crippen molar-refractivity contribution in [3.05, 3.63) is 60.6 Å². The van der Waals surface area contributed by atoms with Gasteiger partial charge >= 0.3 is 0 Å². The van der Waals surface area contributed by atoms with E-state index in [1.165, 1.54) is 13.4 Å². The summed E-state index contributed by atoms with van der Waals surface area (Å²) < 4.78 is 7.28. The Bertz CT molecular complexity index is 1320. The molecule has 0 bridgehead atoms. The Balaban J connectivity index is 1.73. The van der Waals surface area contributed by atoms with Crippen LogP contribution < -0.4 is 15.8 Å². The summed E-state index contributed by atoms with van der Waals surface area (Å²) in [6, 6.07) is 11.9. The number of carbonyl (C=O) groups is 1. The van der Waals surface area contributed by atoms with E-state index in [4.69, 9.17) is 10.5 Å². The van der Waals surface area contributed by atoms with E-state index >= 15 is 0 Å². The molecule has 4 aromatic rings. The number of benzene rings is 2. The standard InChI is InChI=1S/C24H25N5O3/c1-24(2,3)29-12-16(20-21(25)26-13-27-22(20)29)14-9-10-17(18(30)11-14)28-23(31)15-7-5-6-8-19(15)32-4/h5-13,30H,1-4H3,(H,28,31)(H2,25,26,27). The summed E-state index contributed by atoms with van der Waals surface area (Å²) in [4.78, 5) is 21.3. The van der Waals surface area contributed by atoms with Crippen LogP contribution in [0.5, 0.6) is 11.5 Å². The fourth-order valence-corrected chi connectivity index (χ4v) is 3.64. The van der Waals surface area contributed by atoms with Crippen molar-refractivity contribution in [3.8, 4) is 22.6 Å². The predicted molar refractivity (Wildman–Crippen MR) is 125 cm³/mol. The molecule has 8 nitrogen and oxygen atoms in total. The first-order chi connectivity index (χ1) is 15.2. The van der Waals surface area contributed by atoms with Crippen molar-refractivity contribution in [1.29, 1.82) is 0 Å². The van der Waals surface area contributed by atoms with Gasteiger partial charge in [-0.25, -0.2) is 9.97 Å². The van der Waals surface area contributed by atoms with Crippen molar-refractivity contribution in [2.75, 3.05) is 18.2 Å². The zero-order valence-corrected chi connectivity index (χ0v) is 18.4. The number of carbonyl (C=O) groups excluding carboxylic acids is 1. The molecule has 0 aliphatic heterocycles. The number of nitrogens with two attached hydrogens (primary N) is 1. The number of nitrogens with one attached hydrogen (secondary N) is 1. The van der Waals surface area contributed by atoms with Crippen LogP contribution in [0, 0.1) is 0 Å². The highest BCUT2D eigenvalue weighted by Crippen LogP contribution is 2.38. The van der Waals surface area contributed by atoms with Crippen molar-refractivity contribution < 1.29 is 14.6 Å². The van der Waals surface area contributed by atoms with Gasteiger partial charge in [0.2, 0.25) is 0 Å². The van der Waals surface area contributed by atoms with Crippen molar-refractivity contribution >= 4 is 28.4 Å². The van der Waals surface area contributed by atoms with Gasteiger partial charge < -0.3 is 25.5 Å². The molecule has 0 saturated carbocycles. The Morgan fingerprint density at radius 1 is 1.16 bits per heavy atom. The zero-order valence-electron chi connectivity index (χ0n) is 18.4. The van der Waals surface area contributed by atoms with E-state index in [1.54, 1.807) is 36.4 Å². The Morgan fingerprint density at radius 3 is 2.59 bits per heavy atom. The lowest BCUT2D eigenvalue weighted by Gasteiger charge is -2.21. The van der Waals surface area contributed by atoms with E-state index in [0.717, 1.165) is 11.1 Å². The number of aromatic hydroxyl groups is 1. The van der Waals surface area contributed by atoms with Crippen LogP contribution >= 0.6 is 0 Å². The lowest BCUT2D eigenvalue weighted by atomic mass is 10.0. The van der Waals surface area contributed by atoms with Crippen molar-refractivity contribution in [2.45, 2.75) is 26.3 Å². The van der Waals surface area contributed by atoms with Gasteiger partial charge in [0, 0.05) is 17.3 Å². The monoisotopic (exact) mass is 431 g/mol. The summed E-state index contributed by atoms with van der Waals surface area (Å²) in [7, 11) is 1.50. The minimum Gasteiger partial charge on any atom is -0.506 e. The molecule has 2 heterocycles. The minimum atomic E-state index is -0.382. The number of phenols is 1. The molecule has 0 fully saturated rings. The third-order valence-corrected chi connectivity index (χ3v) is 5.24. The number of fused-ring (bicyclic) bond motifs is 1. The summed E-state index contributed by atoms with van der Waals surface area (Å²) in [5.74, 6) is 0.359. The van der Waals surface area contributed by atoms with Gasteiger partial charge in [-0.2, -0.15) is 0 Å². The molecule has 0 spiro atoms. The molecule has 8 heteroatoms. The number of nitrogen functional groups attached to an aromatic ring is 1. The van der Waals surface area contributed by atoms with Crippen molar-refractivity contribution in [3.63, 3.8) is 0 Å². The lowest BCUT2D eigenvalue weighted by Crippen LogP contribution is -2.21. The number of para-hydroxylation sites is 1. The predicted octanol–water partition coefficient (Wildman–Crippen LogP) is 4.40. The SMILES string of the molecule is COc1ccccc1C(=O)Nc1ccc(-c2cn(C(C)(C)C)c3ncnc(N)c23)cc1O. The minimum absolute atomic E-state index is 0.0715. The number of anilines is 2. The number of hydrogen-bond donors (Lipinski definition) is 3. The molecule has 0 aliphatic rings. The van der Waals surface area contributed by atoms with Crippen LogP contribution in [0.25, 0.3) is 22.2 Å². The van der Waals surface area contributed by atoms with Gasteiger partial charge in [-0.1, -0.05) is 18.2 Å². The van der Waals surface area contributed by atoms with Crippen LogP contribution in [0.2, 0.25) is 0 Å². The van der Waals surface area contributed by atoms with E-state index < -0.39 is 0 Å². The number of hydrogen-bond acceptors (Lipinski definition) is 6. The van der Waals surface area contributed by atoms with Crippen LogP contribution in [-0.4, -0.2) is 32.7 Å². The Hall–Kier alpha value is -4.07. The summed E-state index contributed by atoms with van der Waals surface area (Å²) in [5.41, 5.74) is 8.85. The molecule has 0 saturated heterocycles. The Kier molecular flexibility index (Phi) is 5.22. The Labute approximate surface area is 185 Å². The number of phenolic OH excluding ortho intramolecular Hbond substituents is 1. The highest BCUT2D eigenvalue weighted by Gasteiger charge is 2.22. The number of methoxy groups -OCH3 is 1. The third kappa shape index (κ3) is 3.71. The maximum Gasteiger partial charge on any atom is 0.259 e. The average molecular weight is 431 g/mol. The molecule has 0 atom stereocenters. The van der Waals surface area contributed by atoms with Crippen LogP contribution in [0.1, 0.15) is 31.1 Å². The lowest BCUT2D eigenvalue weighted by molar-refractivity contribution is 0.102. The second kappa shape index (κ2) is 7.88. The molecule has 32 heavy (non-hydrogen) atoms. The van der Waals surface area contributed by atoms with E-state index in [2.05, 4.69) is 36.1 Å². The van der Waals surface area contributed by atoms with Crippen LogP contribution in [0.3, 0.4) is 0 Å². The molecule has 0 radical (unpaired) electrons. The number of nitrogens with zero attached hydrogens (tertiary/aromatic N) is 3. The van der Waals surface area contributed by atoms with Gasteiger partial charge in [0.15, 0.2) is 0 Å². The molecule has 2 aromatic heterocycles. The van der Waals surface area contributed by atoms with Gasteiger partial charge in [0.25, 0.3) is 5.91 Å². The largest absolute Gasteiger partial charge is 0.506 e. The second-order valence-electron chi connectivity index (χ2n) is 8.43. The zero-order chi connectivity index (χ0) is 23.0. The summed E-state index contributed by atoms with van der Waals surface area (Å²) in [5, 5.41) is 14.1. The first kappa shape index (κ1) is 21.2. The maximum absolute atomic E-state index is 12.7. The molecule has 0 aliphatic carbocycles. The van der Waals surface area contributed by atoms with Crippen LogP contribution in [0.4, 0.5) is 11.5 Å².